The van der Waals surface area contributed by atoms with Gasteiger partial charge >= 0.3 is 0 Å². The van der Waals surface area contributed by atoms with E-state index >= 15 is 0 Å². The van der Waals surface area contributed by atoms with Crippen molar-refractivity contribution < 1.29 is 4.74 Å². The van der Waals surface area contributed by atoms with E-state index in [1.54, 1.807) is 6.20 Å². The quantitative estimate of drug-likeness (QED) is 0.905. The first-order valence-corrected chi connectivity index (χ1v) is 7.46. The molecule has 0 amide bonds. The molecule has 0 aromatic carbocycles. The van der Waals surface area contributed by atoms with Gasteiger partial charge in [-0.1, -0.05) is 0 Å². The van der Waals surface area contributed by atoms with Crippen LogP contribution >= 0.6 is 0 Å². The lowest BCUT2D eigenvalue weighted by atomic mass is 9.95. The number of ether oxygens (including phenoxy) is 1. The molecule has 0 saturated carbocycles. The molecule has 3 rings (SSSR count). The maximum absolute atomic E-state index is 5.65. The summed E-state index contributed by atoms with van der Waals surface area (Å²) < 4.78 is 5.65. The van der Waals surface area contributed by atoms with Crippen LogP contribution in [0.5, 0.6) is 0 Å². The number of anilines is 2. The third kappa shape index (κ3) is 3.51. The van der Waals surface area contributed by atoms with Gasteiger partial charge in [-0.2, -0.15) is 4.98 Å². The van der Waals surface area contributed by atoms with E-state index in [0.717, 1.165) is 18.8 Å². The minimum absolute atomic E-state index is 0.227. The van der Waals surface area contributed by atoms with Crippen LogP contribution in [0.1, 0.15) is 5.56 Å². The van der Waals surface area contributed by atoms with Crippen molar-refractivity contribution in [2.75, 3.05) is 37.5 Å². The first-order chi connectivity index (χ1) is 10.7. The summed E-state index contributed by atoms with van der Waals surface area (Å²) in [6, 6.07) is 6.23. The van der Waals surface area contributed by atoms with Crippen LogP contribution in [-0.2, 0) is 11.2 Å². The van der Waals surface area contributed by atoms with Crippen molar-refractivity contribution in [3.8, 4) is 0 Å². The van der Waals surface area contributed by atoms with Gasteiger partial charge in [0.25, 0.3) is 0 Å². The lowest BCUT2D eigenvalue weighted by Gasteiger charge is -2.20. The molecule has 0 radical (unpaired) electrons. The number of nitrogens with zero attached hydrogens (tertiary/aromatic N) is 4. The Kier molecular flexibility index (Phi) is 4.48. The van der Waals surface area contributed by atoms with Gasteiger partial charge in [-0.05, 0) is 30.2 Å². The second kappa shape index (κ2) is 6.70. The van der Waals surface area contributed by atoms with Crippen molar-refractivity contribution in [2.45, 2.75) is 12.5 Å². The number of hydrogen-bond acceptors (Lipinski definition) is 6. The molecule has 1 N–H and O–H groups in total. The molecule has 116 valence electrons. The second-order valence-electron chi connectivity index (χ2n) is 5.74. The van der Waals surface area contributed by atoms with E-state index in [0.29, 0.717) is 18.5 Å². The molecular weight excluding hydrogens is 278 g/mol. The Hall–Kier alpha value is -2.21. The molecule has 1 aliphatic heterocycles. The SMILES string of the molecule is CN(C)c1ccnc(N[C@@H]2COC[C@H]2Cc2ccncc2)n1. The molecule has 1 fully saturated rings. The molecule has 0 unspecified atom stereocenters. The fourth-order valence-electron chi connectivity index (χ4n) is 2.61. The first-order valence-electron chi connectivity index (χ1n) is 7.46. The molecule has 2 aromatic heterocycles. The van der Waals surface area contributed by atoms with Gasteiger partial charge in [0.15, 0.2) is 0 Å². The van der Waals surface area contributed by atoms with Crippen molar-refractivity contribution in [1.29, 1.82) is 0 Å². The van der Waals surface area contributed by atoms with Crippen LogP contribution in [0.25, 0.3) is 0 Å². The number of pyridine rings is 1. The van der Waals surface area contributed by atoms with Crippen LogP contribution in [0.4, 0.5) is 11.8 Å². The Balaban J connectivity index is 1.67. The Morgan fingerprint density at radius 3 is 2.77 bits per heavy atom. The number of aromatic nitrogens is 3. The average Bonchev–Trinajstić information content (AvgIpc) is 2.95. The zero-order valence-electron chi connectivity index (χ0n) is 12.9. The van der Waals surface area contributed by atoms with E-state index in [-0.39, 0.29) is 6.04 Å². The van der Waals surface area contributed by atoms with Gasteiger partial charge in [0.05, 0.1) is 19.3 Å². The van der Waals surface area contributed by atoms with Gasteiger partial charge < -0.3 is 15.0 Å². The van der Waals surface area contributed by atoms with E-state index in [1.807, 2.05) is 37.5 Å². The normalized spacial score (nSPS) is 20.8. The minimum atomic E-state index is 0.227. The molecule has 6 nitrogen and oxygen atoms in total. The highest BCUT2D eigenvalue weighted by molar-refractivity contribution is 5.41. The predicted octanol–water partition coefficient (Wildman–Crippen LogP) is 1.61. The second-order valence-corrected chi connectivity index (χ2v) is 5.74. The topological polar surface area (TPSA) is 63.2 Å². The Bertz CT molecular complexity index is 604. The molecule has 3 heterocycles. The van der Waals surface area contributed by atoms with Gasteiger partial charge in [0, 0.05) is 38.6 Å². The zero-order valence-corrected chi connectivity index (χ0v) is 12.9. The van der Waals surface area contributed by atoms with E-state index < -0.39 is 0 Å². The van der Waals surface area contributed by atoms with Crippen molar-refractivity contribution in [2.24, 2.45) is 5.92 Å². The van der Waals surface area contributed by atoms with Crippen molar-refractivity contribution in [3.63, 3.8) is 0 Å². The number of rotatable bonds is 5. The molecule has 0 bridgehead atoms. The molecule has 1 aliphatic rings. The summed E-state index contributed by atoms with van der Waals surface area (Å²) in [5.74, 6) is 1.96. The van der Waals surface area contributed by atoms with Gasteiger partial charge in [0.1, 0.15) is 5.82 Å². The molecule has 1 saturated heterocycles. The number of nitrogens with one attached hydrogen (secondary N) is 1. The Morgan fingerprint density at radius 2 is 2.00 bits per heavy atom. The Morgan fingerprint density at radius 1 is 1.18 bits per heavy atom. The molecule has 0 spiro atoms. The third-order valence-corrected chi connectivity index (χ3v) is 3.86. The van der Waals surface area contributed by atoms with Gasteiger partial charge in [-0.3, -0.25) is 4.98 Å². The fourth-order valence-corrected chi connectivity index (χ4v) is 2.61. The fraction of sp³-hybridized carbons (Fsp3) is 0.438. The third-order valence-electron chi connectivity index (χ3n) is 3.86. The maximum atomic E-state index is 5.65. The number of hydrogen-bond donors (Lipinski definition) is 1. The first kappa shape index (κ1) is 14.7. The minimum Gasteiger partial charge on any atom is -0.379 e. The summed E-state index contributed by atoms with van der Waals surface area (Å²) in [6.07, 6.45) is 6.40. The smallest absolute Gasteiger partial charge is 0.224 e. The molecule has 2 aromatic rings. The highest BCUT2D eigenvalue weighted by atomic mass is 16.5. The summed E-state index contributed by atoms with van der Waals surface area (Å²) >= 11 is 0. The van der Waals surface area contributed by atoms with Crippen molar-refractivity contribution >= 4 is 11.8 Å². The van der Waals surface area contributed by atoms with Crippen LogP contribution in [0.2, 0.25) is 0 Å². The summed E-state index contributed by atoms with van der Waals surface area (Å²) in [5, 5.41) is 3.42. The summed E-state index contributed by atoms with van der Waals surface area (Å²) in [7, 11) is 3.94. The van der Waals surface area contributed by atoms with Crippen molar-refractivity contribution in [3.05, 3.63) is 42.4 Å². The van der Waals surface area contributed by atoms with Crippen LogP contribution < -0.4 is 10.2 Å². The largest absolute Gasteiger partial charge is 0.379 e. The standard InChI is InChI=1S/C16H21N5O/c1-21(2)15-5-8-18-16(20-15)19-14-11-22-10-13(14)9-12-3-6-17-7-4-12/h3-8,13-14H,9-11H2,1-2H3,(H,18,19,20)/t13-,14-/m1/s1. The van der Waals surface area contributed by atoms with Crippen molar-refractivity contribution in [1.82, 2.24) is 15.0 Å². The van der Waals surface area contributed by atoms with E-state index in [2.05, 4.69) is 32.4 Å². The maximum Gasteiger partial charge on any atom is 0.224 e. The molecule has 22 heavy (non-hydrogen) atoms. The summed E-state index contributed by atoms with van der Waals surface area (Å²) in [6.45, 7) is 1.44. The highest BCUT2D eigenvalue weighted by Crippen LogP contribution is 2.22. The average molecular weight is 299 g/mol. The van der Waals surface area contributed by atoms with Gasteiger partial charge in [-0.15, -0.1) is 0 Å². The van der Waals surface area contributed by atoms with Crippen LogP contribution in [0.15, 0.2) is 36.8 Å². The zero-order chi connectivity index (χ0) is 15.4. The Labute approximate surface area is 130 Å². The highest BCUT2D eigenvalue weighted by Gasteiger charge is 2.29. The van der Waals surface area contributed by atoms with Crippen LogP contribution in [0.3, 0.4) is 0 Å². The molecule has 6 heteroatoms. The molecule has 2 atom stereocenters. The van der Waals surface area contributed by atoms with Gasteiger partial charge in [0.2, 0.25) is 5.95 Å². The van der Waals surface area contributed by atoms with E-state index in [4.69, 9.17) is 4.74 Å². The summed E-state index contributed by atoms with van der Waals surface area (Å²) in [5.41, 5.74) is 1.28. The van der Waals surface area contributed by atoms with E-state index in [9.17, 15) is 0 Å². The molecular formula is C16H21N5O. The van der Waals surface area contributed by atoms with Crippen LogP contribution in [0, 0.1) is 5.92 Å². The molecule has 0 aliphatic carbocycles. The van der Waals surface area contributed by atoms with Crippen LogP contribution in [-0.4, -0.2) is 48.3 Å². The van der Waals surface area contributed by atoms with Gasteiger partial charge in [-0.25, -0.2) is 4.98 Å². The van der Waals surface area contributed by atoms with E-state index in [1.165, 1.54) is 5.56 Å². The predicted molar refractivity (Wildman–Crippen MR) is 86.0 cm³/mol. The summed E-state index contributed by atoms with van der Waals surface area (Å²) in [4.78, 5) is 14.9. The lowest BCUT2D eigenvalue weighted by Crippen LogP contribution is -2.30. The monoisotopic (exact) mass is 299 g/mol. The lowest BCUT2D eigenvalue weighted by molar-refractivity contribution is 0.185.